The second-order valence-corrected chi connectivity index (χ2v) is 6.01. The molecule has 0 unspecified atom stereocenters. The molecule has 3 rings (SSSR count). The van der Waals surface area contributed by atoms with Crippen molar-refractivity contribution >= 4 is 11.9 Å². The number of hydrogen-bond donors (Lipinski definition) is 3. The van der Waals surface area contributed by atoms with E-state index >= 15 is 0 Å². The van der Waals surface area contributed by atoms with E-state index in [1.165, 1.54) is 0 Å². The van der Waals surface area contributed by atoms with Gasteiger partial charge in [-0.05, 0) is 42.3 Å². The summed E-state index contributed by atoms with van der Waals surface area (Å²) in [5.41, 5.74) is 2.76. The maximum absolute atomic E-state index is 11.6. The van der Waals surface area contributed by atoms with Gasteiger partial charge in [-0.1, -0.05) is 18.2 Å². The fourth-order valence-electron chi connectivity index (χ4n) is 2.66. The summed E-state index contributed by atoms with van der Waals surface area (Å²) in [5.74, 6) is 2.17. The molecule has 1 aliphatic heterocycles. The van der Waals surface area contributed by atoms with Crippen molar-refractivity contribution in [2.45, 2.75) is 20.0 Å². The third kappa shape index (κ3) is 4.91. The zero-order chi connectivity index (χ0) is 19.1. The molecular weight excluding hydrogens is 344 g/mol. The first-order valence-electron chi connectivity index (χ1n) is 8.91. The van der Waals surface area contributed by atoms with Crippen LogP contribution in [0.15, 0.2) is 47.5 Å². The molecule has 0 bridgehead atoms. The molecule has 0 saturated carbocycles. The summed E-state index contributed by atoms with van der Waals surface area (Å²) in [7, 11) is 1.62. The van der Waals surface area contributed by atoms with E-state index in [0.29, 0.717) is 18.7 Å². The van der Waals surface area contributed by atoms with Crippen molar-refractivity contribution in [3.63, 3.8) is 0 Å². The Balaban J connectivity index is 1.59. The van der Waals surface area contributed by atoms with Gasteiger partial charge in [0, 0.05) is 25.7 Å². The van der Waals surface area contributed by atoms with Crippen LogP contribution in [0, 0.1) is 0 Å². The molecule has 1 aliphatic rings. The number of aliphatic imine (C=N–C) groups is 1. The van der Waals surface area contributed by atoms with Gasteiger partial charge in [0.15, 0.2) is 17.5 Å². The number of carbonyl (C=O) groups excluding carboxylic acids is 1. The summed E-state index contributed by atoms with van der Waals surface area (Å²) in [4.78, 5) is 16.2. The number of nitrogens with one attached hydrogen (secondary N) is 3. The Labute approximate surface area is 158 Å². The van der Waals surface area contributed by atoms with E-state index in [4.69, 9.17) is 9.47 Å². The van der Waals surface area contributed by atoms with Crippen LogP contribution in [0.3, 0.4) is 0 Å². The van der Waals surface area contributed by atoms with E-state index in [1.807, 2.05) is 49.4 Å². The first-order chi connectivity index (χ1) is 13.2. The minimum Gasteiger partial charge on any atom is -0.454 e. The SMILES string of the molecule is CCNC(=NCc1ccc2c(c1)OCO2)NCc1ccc(C(=O)NC)cc1. The van der Waals surface area contributed by atoms with Crippen molar-refractivity contribution in [1.29, 1.82) is 0 Å². The van der Waals surface area contributed by atoms with E-state index in [0.717, 1.165) is 35.1 Å². The Morgan fingerprint density at radius 2 is 1.78 bits per heavy atom. The molecule has 7 heteroatoms. The molecule has 0 radical (unpaired) electrons. The highest BCUT2D eigenvalue weighted by atomic mass is 16.7. The highest BCUT2D eigenvalue weighted by Gasteiger charge is 2.13. The summed E-state index contributed by atoms with van der Waals surface area (Å²) < 4.78 is 10.7. The Kier molecular flexibility index (Phi) is 6.14. The second-order valence-electron chi connectivity index (χ2n) is 6.01. The van der Waals surface area contributed by atoms with Crippen LogP contribution in [-0.2, 0) is 13.1 Å². The molecule has 2 aromatic carbocycles. The molecule has 0 spiro atoms. The lowest BCUT2D eigenvalue weighted by molar-refractivity contribution is 0.0963. The van der Waals surface area contributed by atoms with Gasteiger partial charge in [0.25, 0.3) is 5.91 Å². The van der Waals surface area contributed by atoms with Crippen molar-refractivity contribution < 1.29 is 14.3 Å². The second kappa shape index (κ2) is 8.93. The summed E-state index contributed by atoms with van der Waals surface area (Å²) in [5, 5.41) is 9.15. The summed E-state index contributed by atoms with van der Waals surface area (Å²) in [6.45, 7) is 4.20. The highest BCUT2D eigenvalue weighted by molar-refractivity contribution is 5.93. The van der Waals surface area contributed by atoms with Gasteiger partial charge in [-0.25, -0.2) is 4.99 Å². The molecular formula is C20H24N4O3. The lowest BCUT2D eigenvalue weighted by atomic mass is 10.1. The number of hydrogen-bond acceptors (Lipinski definition) is 4. The van der Waals surface area contributed by atoms with Crippen molar-refractivity contribution in [1.82, 2.24) is 16.0 Å². The van der Waals surface area contributed by atoms with Gasteiger partial charge in [-0.3, -0.25) is 4.79 Å². The number of ether oxygens (including phenoxy) is 2. The van der Waals surface area contributed by atoms with Gasteiger partial charge in [0.2, 0.25) is 6.79 Å². The molecule has 0 saturated heterocycles. The highest BCUT2D eigenvalue weighted by Crippen LogP contribution is 2.32. The van der Waals surface area contributed by atoms with Crippen LogP contribution in [0.1, 0.15) is 28.4 Å². The zero-order valence-electron chi connectivity index (χ0n) is 15.5. The summed E-state index contributed by atoms with van der Waals surface area (Å²) >= 11 is 0. The number of benzene rings is 2. The largest absolute Gasteiger partial charge is 0.454 e. The minimum atomic E-state index is -0.0897. The molecule has 27 heavy (non-hydrogen) atoms. The average Bonchev–Trinajstić information content (AvgIpc) is 3.17. The Bertz CT molecular complexity index is 818. The molecule has 2 aromatic rings. The van der Waals surface area contributed by atoms with E-state index in [-0.39, 0.29) is 12.7 Å². The summed E-state index contributed by atoms with van der Waals surface area (Å²) in [6.07, 6.45) is 0. The van der Waals surface area contributed by atoms with Crippen LogP contribution in [0.5, 0.6) is 11.5 Å². The topological polar surface area (TPSA) is 84.0 Å². The number of nitrogens with zero attached hydrogens (tertiary/aromatic N) is 1. The maximum atomic E-state index is 11.6. The molecule has 1 heterocycles. The van der Waals surface area contributed by atoms with Crippen LogP contribution in [-0.4, -0.2) is 32.3 Å². The molecule has 1 amide bonds. The fraction of sp³-hybridized carbons (Fsp3) is 0.300. The van der Waals surface area contributed by atoms with Crippen molar-refractivity contribution in [3.05, 3.63) is 59.2 Å². The summed E-state index contributed by atoms with van der Waals surface area (Å²) in [6, 6.07) is 13.3. The van der Waals surface area contributed by atoms with Gasteiger partial charge < -0.3 is 25.4 Å². The van der Waals surface area contributed by atoms with Gasteiger partial charge in [0.1, 0.15) is 0 Å². The normalized spacial score (nSPS) is 12.6. The lowest BCUT2D eigenvalue weighted by Gasteiger charge is -2.12. The van der Waals surface area contributed by atoms with Crippen molar-refractivity contribution in [3.8, 4) is 11.5 Å². The molecule has 0 atom stereocenters. The van der Waals surface area contributed by atoms with E-state index in [2.05, 4.69) is 20.9 Å². The Hall–Kier alpha value is -3.22. The third-order valence-corrected chi connectivity index (χ3v) is 4.10. The van der Waals surface area contributed by atoms with Gasteiger partial charge in [-0.15, -0.1) is 0 Å². The molecule has 3 N–H and O–H groups in total. The predicted molar refractivity (Wildman–Crippen MR) is 104 cm³/mol. The molecule has 142 valence electrons. The standard InChI is InChI=1S/C20H24N4O3/c1-3-22-20(23-11-14-4-7-16(8-5-14)19(25)21-2)24-12-15-6-9-17-18(10-15)27-13-26-17/h4-10H,3,11-13H2,1-2H3,(H,21,25)(H2,22,23,24). The number of amides is 1. The number of rotatable bonds is 6. The molecule has 0 fully saturated rings. The number of guanidine groups is 1. The lowest BCUT2D eigenvalue weighted by Crippen LogP contribution is -2.36. The Morgan fingerprint density at radius 3 is 2.52 bits per heavy atom. The fourth-order valence-corrected chi connectivity index (χ4v) is 2.66. The zero-order valence-corrected chi connectivity index (χ0v) is 15.5. The van der Waals surface area contributed by atoms with Gasteiger partial charge in [0.05, 0.1) is 6.54 Å². The van der Waals surface area contributed by atoms with E-state index < -0.39 is 0 Å². The van der Waals surface area contributed by atoms with E-state index in [1.54, 1.807) is 7.05 Å². The van der Waals surface area contributed by atoms with Crippen molar-refractivity contribution in [2.24, 2.45) is 4.99 Å². The monoisotopic (exact) mass is 368 g/mol. The maximum Gasteiger partial charge on any atom is 0.251 e. The number of carbonyl (C=O) groups is 1. The number of fused-ring (bicyclic) bond motifs is 1. The minimum absolute atomic E-state index is 0.0897. The van der Waals surface area contributed by atoms with E-state index in [9.17, 15) is 4.79 Å². The molecule has 0 aliphatic carbocycles. The predicted octanol–water partition coefficient (Wildman–Crippen LogP) is 2.03. The van der Waals surface area contributed by atoms with Crippen LogP contribution < -0.4 is 25.4 Å². The van der Waals surface area contributed by atoms with Crippen LogP contribution >= 0.6 is 0 Å². The van der Waals surface area contributed by atoms with Crippen LogP contribution in [0.4, 0.5) is 0 Å². The quantitative estimate of drug-likeness (QED) is 0.537. The van der Waals surface area contributed by atoms with Crippen molar-refractivity contribution in [2.75, 3.05) is 20.4 Å². The smallest absolute Gasteiger partial charge is 0.251 e. The van der Waals surface area contributed by atoms with Gasteiger partial charge >= 0.3 is 0 Å². The Morgan fingerprint density at radius 1 is 1.04 bits per heavy atom. The van der Waals surface area contributed by atoms with Crippen LogP contribution in [0.25, 0.3) is 0 Å². The first kappa shape index (κ1) is 18.6. The average molecular weight is 368 g/mol. The van der Waals surface area contributed by atoms with Crippen LogP contribution in [0.2, 0.25) is 0 Å². The molecule has 7 nitrogen and oxygen atoms in total. The first-order valence-corrected chi connectivity index (χ1v) is 8.91. The van der Waals surface area contributed by atoms with Gasteiger partial charge in [-0.2, -0.15) is 0 Å². The third-order valence-electron chi connectivity index (χ3n) is 4.10. The molecule has 0 aromatic heterocycles.